The van der Waals surface area contributed by atoms with E-state index in [1.807, 2.05) is 35.7 Å². The number of methoxy groups -OCH3 is 1. The van der Waals surface area contributed by atoms with Crippen LogP contribution in [0.15, 0.2) is 47.8 Å². The number of benzene rings is 1. The second-order valence-corrected chi connectivity index (χ2v) is 8.20. The first-order valence-electron chi connectivity index (χ1n) is 8.69. The van der Waals surface area contributed by atoms with Crippen LogP contribution in [-0.2, 0) is 11.2 Å². The molecule has 3 rings (SSSR count). The van der Waals surface area contributed by atoms with Crippen molar-refractivity contribution < 1.29 is 14.3 Å². The SMILES string of the molecule is CCc1cc(C(=O)Nc2sc(C(C)c3ccccc3)cc2C(=O)OC)cs1. The van der Waals surface area contributed by atoms with Gasteiger partial charge < -0.3 is 10.1 Å². The zero-order chi connectivity index (χ0) is 19.4. The highest BCUT2D eigenvalue weighted by Crippen LogP contribution is 2.36. The van der Waals surface area contributed by atoms with Crippen LogP contribution in [0, 0.1) is 0 Å². The van der Waals surface area contributed by atoms with Crippen molar-refractivity contribution in [2.75, 3.05) is 12.4 Å². The van der Waals surface area contributed by atoms with E-state index >= 15 is 0 Å². The average molecular weight is 400 g/mol. The third-order valence-corrected chi connectivity index (χ3v) is 6.69. The topological polar surface area (TPSA) is 55.4 Å². The van der Waals surface area contributed by atoms with E-state index in [-0.39, 0.29) is 11.8 Å². The number of carbonyl (C=O) groups excluding carboxylic acids is 2. The maximum absolute atomic E-state index is 12.6. The van der Waals surface area contributed by atoms with Gasteiger partial charge in [0, 0.05) is 21.1 Å². The number of hydrogen-bond acceptors (Lipinski definition) is 5. The van der Waals surface area contributed by atoms with Gasteiger partial charge in [0.15, 0.2) is 0 Å². The number of ether oxygens (including phenoxy) is 1. The van der Waals surface area contributed by atoms with Crippen molar-refractivity contribution in [2.45, 2.75) is 26.2 Å². The van der Waals surface area contributed by atoms with Crippen LogP contribution in [-0.4, -0.2) is 19.0 Å². The highest BCUT2D eigenvalue weighted by atomic mass is 32.1. The summed E-state index contributed by atoms with van der Waals surface area (Å²) >= 11 is 2.97. The van der Waals surface area contributed by atoms with Crippen molar-refractivity contribution in [3.8, 4) is 0 Å². The fourth-order valence-corrected chi connectivity index (χ4v) is 4.68. The molecule has 0 saturated heterocycles. The molecule has 0 spiro atoms. The lowest BCUT2D eigenvalue weighted by Gasteiger charge is -2.09. The van der Waals surface area contributed by atoms with Gasteiger partial charge in [0.1, 0.15) is 5.00 Å². The Morgan fingerprint density at radius 2 is 1.93 bits per heavy atom. The van der Waals surface area contributed by atoms with Gasteiger partial charge >= 0.3 is 5.97 Å². The van der Waals surface area contributed by atoms with Gasteiger partial charge in [-0.25, -0.2) is 4.79 Å². The molecule has 3 aromatic rings. The maximum Gasteiger partial charge on any atom is 0.340 e. The highest BCUT2D eigenvalue weighted by molar-refractivity contribution is 7.16. The molecule has 0 saturated carbocycles. The van der Waals surface area contributed by atoms with Gasteiger partial charge in [-0.2, -0.15) is 0 Å². The quantitative estimate of drug-likeness (QED) is 0.552. The van der Waals surface area contributed by atoms with Crippen LogP contribution in [0.4, 0.5) is 5.00 Å². The summed E-state index contributed by atoms with van der Waals surface area (Å²) in [7, 11) is 1.35. The van der Waals surface area contributed by atoms with Crippen molar-refractivity contribution in [3.05, 3.63) is 74.3 Å². The Morgan fingerprint density at radius 1 is 1.19 bits per heavy atom. The van der Waals surface area contributed by atoms with E-state index in [0.717, 1.165) is 21.7 Å². The summed E-state index contributed by atoms with van der Waals surface area (Å²) in [5.74, 6) is -0.553. The molecule has 1 aromatic carbocycles. The molecule has 0 aliphatic heterocycles. The van der Waals surface area contributed by atoms with Crippen LogP contribution in [0.25, 0.3) is 0 Å². The zero-order valence-electron chi connectivity index (χ0n) is 15.4. The van der Waals surface area contributed by atoms with E-state index in [0.29, 0.717) is 16.1 Å². The number of nitrogens with one attached hydrogen (secondary N) is 1. The molecule has 6 heteroatoms. The Bertz CT molecular complexity index is 944. The van der Waals surface area contributed by atoms with Crippen molar-refractivity contribution >= 4 is 39.6 Å². The molecule has 0 bridgehead atoms. The standard InChI is InChI=1S/C21H21NO3S2/c1-4-16-10-15(12-26-16)19(23)22-20-17(21(24)25-3)11-18(27-20)13(2)14-8-6-5-7-9-14/h5-13H,4H2,1-3H3,(H,22,23). The van der Waals surface area contributed by atoms with Crippen LogP contribution in [0.1, 0.15) is 55.8 Å². The Morgan fingerprint density at radius 3 is 2.56 bits per heavy atom. The Kier molecular flexibility index (Phi) is 6.08. The molecule has 0 radical (unpaired) electrons. The molecule has 0 fully saturated rings. The Hall–Kier alpha value is -2.44. The summed E-state index contributed by atoms with van der Waals surface area (Å²) in [6.07, 6.45) is 0.892. The molecule has 1 N–H and O–H groups in total. The Labute approximate surface area is 166 Å². The number of anilines is 1. The lowest BCUT2D eigenvalue weighted by atomic mass is 9.99. The van der Waals surface area contributed by atoms with Crippen LogP contribution >= 0.6 is 22.7 Å². The normalized spacial score (nSPS) is 11.8. The van der Waals surface area contributed by atoms with Crippen LogP contribution in [0.3, 0.4) is 0 Å². The molecule has 2 aromatic heterocycles. The summed E-state index contributed by atoms with van der Waals surface area (Å²) in [6, 6.07) is 13.8. The molecule has 140 valence electrons. The van der Waals surface area contributed by atoms with Gasteiger partial charge in [-0.1, -0.05) is 44.2 Å². The zero-order valence-corrected chi connectivity index (χ0v) is 17.1. The Balaban J connectivity index is 1.90. The number of amides is 1. The van der Waals surface area contributed by atoms with E-state index in [1.54, 1.807) is 11.3 Å². The van der Waals surface area contributed by atoms with Gasteiger partial charge in [-0.3, -0.25) is 4.79 Å². The molecule has 4 nitrogen and oxygen atoms in total. The van der Waals surface area contributed by atoms with Crippen LogP contribution < -0.4 is 5.32 Å². The van der Waals surface area contributed by atoms with Crippen molar-refractivity contribution in [2.24, 2.45) is 0 Å². The molecule has 1 unspecified atom stereocenters. The molecule has 2 heterocycles. The fourth-order valence-electron chi connectivity index (χ4n) is 2.74. The summed E-state index contributed by atoms with van der Waals surface area (Å²) in [6.45, 7) is 4.14. The fraction of sp³-hybridized carbons (Fsp3) is 0.238. The second-order valence-electron chi connectivity index (χ2n) is 6.12. The molecular weight excluding hydrogens is 378 g/mol. The van der Waals surface area contributed by atoms with Gasteiger partial charge in [0.05, 0.1) is 18.2 Å². The van der Waals surface area contributed by atoms with Crippen LogP contribution in [0.2, 0.25) is 0 Å². The van der Waals surface area contributed by atoms with Gasteiger partial charge in [0.25, 0.3) is 5.91 Å². The minimum absolute atomic E-state index is 0.109. The minimum atomic E-state index is -0.451. The summed E-state index contributed by atoms with van der Waals surface area (Å²) in [4.78, 5) is 27.0. The molecule has 0 aliphatic carbocycles. The predicted molar refractivity (Wildman–Crippen MR) is 111 cm³/mol. The average Bonchev–Trinajstić information content (AvgIpc) is 3.34. The molecule has 1 amide bonds. The van der Waals surface area contributed by atoms with Crippen molar-refractivity contribution in [3.63, 3.8) is 0 Å². The molecule has 0 aliphatic rings. The number of thiophene rings is 2. The summed E-state index contributed by atoms with van der Waals surface area (Å²) < 4.78 is 4.90. The van der Waals surface area contributed by atoms with E-state index < -0.39 is 5.97 Å². The smallest absolute Gasteiger partial charge is 0.340 e. The predicted octanol–water partition coefficient (Wildman–Crippen LogP) is 5.56. The highest BCUT2D eigenvalue weighted by Gasteiger charge is 2.22. The third kappa shape index (κ3) is 4.28. The first-order chi connectivity index (χ1) is 13.0. The summed E-state index contributed by atoms with van der Waals surface area (Å²) in [5.41, 5.74) is 2.15. The molecular formula is C21H21NO3S2. The van der Waals surface area contributed by atoms with Gasteiger partial charge in [0.2, 0.25) is 0 Å². The van der Waals surface area contributed by atoms with E-state index in [1.165, 1.54) is 18.4 Å². The number of rotatable bonds is 6. The largest absolute Gasteiger partial charge is 0.465 e. The van der Waals surface area contributed by atoms with Gasteiger partial charge in [-0.05, 0) is 24.1 Å². The number of esters is 1. The number of aryl methyl sites for hydroxylation is 1. The number of carbonyl (C=O) groups is 2. The lowest BCUT2D eigenvalue weighted by Crippen LogP contribution is -2.12. The van der Waals surface area contributed by atoms with Crippen LogP contribution in [0.5, 0.6) is 0 Å². The first kappa shape index (κ1) is 19.3. The monoisotopic (exact) mass is 399 g/mol. The van der Waals surface area contributed by atoms with E-state index in [4.69, 9.17) is 4.74 Å². The van der Waals surface area contributed by atoms with Crippen molar-refractivity contribution in [1.82, 2.24) is 0 Å². The maximum atomic E-state index is 12.6. The third-order valence-electron chi connectivity index (χ3n) is 4.37. The second kappa shape index (κ2) is 8.50. The van der Waals surface area contributed by atoms with Gasteiger partial charge in [-0.15, -0.1) is 22.7 Å². The summed E-state index contributed by atoms with van der Waals surface area (Å²) in [5, 5.41) is 5.25. The molecule has 1 atom stereocenters. The van der Waals surface area contributed by atoms with Crippen molar-refractivity contribution in [1.29, 1.82) is 0 Å². The molecule has 27 heavy (non-hydrogen) atoms. The minimum Gasteiger partial charge on any atom is -0.465 e. The van der Waals surface area contributed by atoms with E-state index in [9.17, 15) is 9.59 Å². The number of hydrogen-bond donors (Lipinski definition) is 1. The van der Waals surface area contributed by atoms with E-state index in [2.05, 4.69) is 31.3 Å². The first-order valence-corrected chi connectivity index (χ1v) is 10.4. The lowest BCUT2D eigenvalue weighted by molar-refractivity contribution is 0.0602.